The molecule has 0 bridgehead atoms. The zero-order chi connectivity index (χ0) is 10.8. The molecule has 0 N–H and O–H groups in total. The highest BCUT2D eigenvalue weighted by molar-refractivity contribution is 5.81. The minimum Gasteiger partial charge on any atom is -0.342 e. The number of carbonyl (C=O) groups excluding carboxylic acids is 1. The average molecular weight is 197 g/mol. The Hall–Kier alpha value is -0.530. The van der Waals surface area contributed by atoms with Gasteiger partial charge in [-0.1, -0.05) is 27.7 Å². The molecule has 0 aromatic carbocycles. The van der Waals surface area contributed by atoms with Crippen LogP contribution in [0.4, 0.5) is 0 Å². The lowest BCUT2D eigenvalue weighted by Crippen LogP contribution is -2.41. The molecule has 1 amide bonds. The molecule has 2 heteroatoms. The highest BCUT2D eigenvalue weighted by atomic mass is 16.2. The van der Waals surface area contributed by atoms with E-state index in [1.807, 2.05) is 20.8 Å². The normalized spacial score (nSPS) is 16.9. The van der Waals surface area contributed by atoms with E-state index in [0.29, 0.717) is 5.91 Å². The summed E-state index contributed by atoms with van der Waals surface area (Å²) in [5.41, 5.74) is -0.218. The van der Waals surface area contributed by atoms with Gasteiger partial charge >= 0.3 is 0 Å². The average Bonchev–Trinajstić information content (AvgIpc) is 2.84. The largest absolute Gasteiger partial charge is 0.342 e. The molecular weight excluding hydrogens is 174 g/mol. The second kappa shape index (κ2) is 4.33. The predicted molar refractivity (Wildman–Crippen MR) is 59.1 cm³/mol. The molecular formula is C12H23NO. The van der Waals surface area contributed by atoms with Crippen LogP contribution >= 0.6 is 0 Å². The van der Waals surface area contributed by atoms with E-state index >= 15 is 0 Å². The van der Waals surface area contributed by atoms with Crippen molar-refractivity contribution in [3.05, 3.63) is 0 Å². The molecule has 1 aliphatic rings. The molecule has 0 heterocycles. The van der Waals surface area contributed by atoms with E-state index in [1.54, 1.807) is 0 Å². The summed E-state index contributed by atoms with van der Waals surface area (Å²) in [5, 5.41) is 0. The van der Waals surface area contributed by atoms with Crippen LogP contribution in [-0.2, 0) is 4.79 Å². The Morgan fingerprint density at radius 1 is 1.36 bits per heavy atom. The van der Waals surface area contributed by atoms with E-state index in [0.717, 1.165) is 25.4 Å². The van der Waals surface area contributed by atoms with E-state index in [-0.39, 0.29) is 5.41 Å². The van der Waals surface area contributed by atoms with Crippen molar-refractivity contribution in [3.63, 3.8) is 0 Å². The van der Waals surface area contributed by atoms with E-state index in [1.165, 1.54) is 12.8 Å². The second-order valence-electron chi connectivity index (χ2n) is 5.44. The van der Waals surface area contributed by atoms with Crippen LogP contribution < -0.4 is 0 Å². The van der Waals surface area contributed by atoms with Gasteiger partial charge in [-0.3, -0.25) is 4.79 Å². The predicted octanol–water partition coefficient (Wildman–Crippen LogP) is 2.68. The van der Waals surface area contributed by atoms with Crippen LogP contribution in [0.25, 0.3) is 0 Å². The van der Waals surface area contributed by atoms with Crippen molar-refractivity contribution in [1.29, 1.82) is 0 Å². The van der Waals surface area contributed by atoms with E-state index in [2.05, 4.69) is 11.8 Å². The smallest absolute Gasteiger partial charge is 0.227 e. The molecule has 1 fully saturated rings. The zero-order valence-electron chi connectivity index (χ0n) is 9.97. The third-order valence-electron chi connectivity index (χ3n) is 2.60. The van der Waals surface area contributed by atoms with Crippen molar-refractivity contribution >= 4 is 5.91 Å². The van der Waals surface area contributed by atoms with Gasteiger partial charge in [-0.25, -0.2) is 0 Å². The summed E-state index contributed by atoms with van der Waals surface area (Å²) in [6.07, 6.45) is 3.70. The van der Waals surface area contributed by atoms with Gasteiger partial charge < -0.3 is 4.90 Å². The first-order chi connectivity index (χ1) is 6.45. The molecule has 0 unspecified atom stereocenters. The minimum absolute atomic E-state index is 0.218. The Morgan fingerprint density at radius 2 is 1.93 bits per heavy atom. The lowest BCUT2D eigenvalue weighted by Gasteiger charge is -2.29. The van der Waals surface area contributed by atoms with Crippen molar-refractivity contribution < 1.29 is 4.79 Å². The molecule has 1 rings (SSSR count). The minimum atomic E-state index is -0.218. The molecule has 0 atom stereocenters. The Balaban J connectivity index is 2.51. The van der Waals surface area contributed by atoms with Crippen LogP contribution in [0.15, 0.2) is 0 Å². The van der Waals surface area contributed by atoms with Gasteiger partial charge in [0.2, 0.25) is 5.91 Å². The molecule has 0 aromatic rings. The SMILES string of the molecule is CCCN(CC1CC1)C(=O)C(C)(C)C. The van der Waals surface area contributed by atoms with Crippen LogP contribution in [0.1, 0.15) is 47.0 Å². The third-order valence-corrected chi connectivity index (χ3v) is 2.60. The third kappa shape index (κ3) is 3.32. The van der Waals surface area contributed by atoms with Crippen LogP contribution in [0.3, 0.4) is 0 Å². The first-order valence-electron chi connectivity index (χ1n) is 5.74. The van der Waals surface area contributed by atoms with Crippen LogP contribution in [-0.4, -0.2) is 23.9 Å². The van der Waals surface area contributed by atoms with Gasteiger partial charge in [0, 0.05) is 18.5 Å². The number of hydrogen-bond donors (Lipinski definition) is 0. The van der Waals surface area contributed by atoms with E-state index in [4.69, 9.17) is 0 Å². The van der Waals surface area contributed by atoms with Gasteiger partial charge in [0.25, 0.3) is 0 Å². The maximum atomic E-state index is 12.0. The van der Waals surface area contributed by atoms with Crippen LogP contribution in [0.5, 0.6) is 0 Å². The number of rotatable bonds is 4. The maximum Gasteiger partial charge on any atom is 0.227 e. The van der Waals surface area contributed by atoms with E-state index < -0.39 is 0 Å². The Labute approximate surface area is 87.7 Å². The van der Waals surface area contributed by atoms with Gasteiger partial charge in [0.05, 0.1) is 0 Å². The number of amides is 1. The van der Waals surface area contributed by atoms with Crippen LogP contribution in [0, 0.1) is 11.3 Å². The van der Waals surface area contributed by atoms with Crippen molar-refractivity contribution in [2.45, 2.75) is 47.0 Å². The second-order valence-corrected chi connectivity index (χ2v) is 5.44. The topological polar surface area (TPSA) is 20.3 Å². The summed E-state index contributed by atoms with van der Waals surface area (Å²) in [6, 6.07) is 0. The zero-order valence-corrected chi connectivity index (χ0v) is 9.97. The van der Waals surface area contributed by atoms with Gasteiger partial charge in [0.1, 0.15) is 0 Å². The molecule has 0 spiro atoms. The van der Waals surface area contributed by atoms with Crippen molar-refractivity contribution in [2.75, 3.05) is 13.1 Å². The first-order valence-corrected chi connectivity index (χ1v) is 5.74. The molecule has 1 saturated carbocycles. The summed E-state index contributed by atoms with van der Waals surface area (Å²) >= 11 is 0. The molecule has 0 radical (unpaired) electrons. The summed E-state index contributed by atoms with van der Waals surface area (Å²) in [4.78, 5) is 14.1. The Morgan fingerprint density at radius 3 is 2.29 bits per heavy atom. The Kier molecular flexibility index (Phi) is 3.57. The molecule has 1 aliphatic carbocycles. The van der Waals surface area contributed by atoms with Gasteiger partial charge in [-0.2, -0.15) is 0 Å². The molecule has 0 saturated heterocycles. The number of carbonyl (C=O) groups is 1. The van der Waals surface area contributed by atoms with Crippen molar-refractivity contribution in [3.8, 4) is 0 Å². The molecule has 82 valence electrons. The summed E-state index contributed by atoms with van der Waals surface area (Å²) in [6.45, 7) is 10.1. The van der Waals surface area contributed by atoms with E-state index in [9.17, 15) is 4.79 Å². The standard InChI is InChI=1S/C12H23NO/c1-5-8-13(9-10-6-7-10)11(14)12(2,3)4/h10H,5-9H2,1-4H3. The fourth-order valence-electron chi connectivity index (χ4n) is 1.63. The van der Waals surface area contributed by atoms with Gasteiger partial charge in [0.15, 0.2) is 0 Å². The summed E-state index contributed by atoms with van der Waals surface area (Å²) in [5.74, 6) is 1.11. The fourth-order valence-corrected chi connectivity index (χ4v) is 1.63. The molecule has 0 aromatic heterocycles. The quantitative estimate of drug-likeness (QED) is 0.678. The number of hydrogen-bond acceptors (Lipinski definition) is 1. The molecule has 2 nitrogen and oxygen atoms in total. The monoisotopic (exact) mass is 197 g/mol. The maximum absolute atomic E-state index is 12.0. The van der Waals surface area contributed by atoms with Crippen molar-refractivity contribution in [2.24, 2.45) is 11.3 Å². The lowest BCUT2D eigenvalue weighted by molar-refractivity contribution is -0.139. The van der Waals surface area contributed by atoms with Gasteiger partial charge in [-0.05, 0) is 25.2 Å². The summed E-state index contributed by atoms with van der Waals surface area (Å²) in [7, 11) is 0. The highest BCUT2D eigenvalue weighted by Gasteiger charge is 2.31. The molecule has 14 heavy (non-hydrogen) atoms. The van der Waals surface area contributed by atoms with Gasteiger partial charge in [-0.15, -0.1) is 0 Å². The fraction of sp³-hybridized carbons (Fsp3) is 0.917. The molecule has 0 aliphatic heterocycles. The first kappa shape index (κ1) is 11.5. The van der Waals surface area contributed by atoms with Crippen molar-refractivity contribution in [1.82, 2.24) is 4.90 Å². The highest BCUT2D eigenvalue weighted by Crippen LogP contribution is 2.31. The lowest BCUT2D eigenvalue weighted by atomic mass is 9.94. The summed E-state index contributed by atoms with van der Waals surface area (Å²) < 4.78 is 0. The number of nitrogens with zero attached hydrogens (tertiary/aromatic N) is 1. The Bertz CT molecular complexity index is 201. The van der Waals surface area contributed by atoms with Crippen LogP contribution in [0.2, 0.25) is 0 Å².